The number of carbonyl (C=O) groups excluding carboxylic acids is 1. The third kappa shape index (κ3) is 3.46. The zero-order valence-corrected chi connectivity index (χ0v) is 10.1. The summed E-state index contributed by atoms with van der Waals surface area (Å²) in [7, 11) is 0. The molecule has 2 rings (SSSR count). The summed E-state index contributed by atoms with van der Waals surface area (Å²) in [5.41, 5.74) is 4.18. The number of aromatic nitrogens is 2. The van der Waals surface area contributed by atoms with Gasteiger partial charge in [-0.2, -0.15) is 18.3 Å². The molecule has 1 heterocycles. The molecule has 0 aromatic carbocycles. The zero-order chi connectivity index (χ0) is 14.1. The number of esters is 1. The van der Waals surface area contributed by atoms with Gasteiger partial charge in [0.1, 0.15) is 0 Å². The molecule has 0 bridgehead atoms. The number of hydrogen-bond donors (Lipinski definition) is 1. The van der Waals surface area contributed by atoms with E-state index in [9.17, 15) is 18.0 Å². The predicted octanol–water partition coefficient (Wildman–Crippen LogP) is 1.44. The number of hydrogen-bond acceptors (Lipinski definition) is 4. The Morgan fingerprint density at radius 1 is 1.58 bits per heavy atom. The Morgan fingerprint density at radius 2 is 2.32 bits per heavy atom. The van der Waals surface area contributed by atoms with Gasteiger partial charge >= 0.3 is 12.1 Å². The molecule has 0 aliphatic heterocycles. The fraction of sp³-hybridized carbons (Fsp3) is 0.636. The van der Waals surface area contributed by atoms with Crippen LogP contribution in [0.4, 0.5) is 13.2 Å². The maximum absolute atomic E-state index is 12.1. The lowest BCUT2D eigenvalue weighted by atomic mass is 10.1. The van der Waals surface area contributed by atoms with E-state index in [-0.39, 0.29) is 18.8 Å². The van der Waals surface area contributed by atoms with E-state index in [0.717, 1.165) is 0 Å². The van der Waals surface area contributed by atoms with E-state index in [0.29, 0.717) is 13.0 Å². The number of alkyl halides is 3. The molecule has 0 unspecified atom stereocenters. The predicted molar refractivity (Wildman–Crippen MR) is 58.6 cm³/mol. The van der Waals surface area contributed by atoms with Crippen molar-refractivity contribution in [2.45, 2.75) is 37.7 Å². The van der Waals surface area contributed by atoms with Crippen molar-refractivity contribution in [3.8, 4) is 0 Å². The number of halogens is 3. The Labute approximate surface area is 107 Å². The van der Waals surface area contributed by atoms with Crippen molar-refractivity contribution in [2.24, 2.45) is 11.7 Å². The summed E-state index contributed by atoms with van der Waals surface area (Å²) < 4.78 is 42.5. The van der Waals surface area contributed by atoms with Crippen LogP contribution >= 0.6 is 0 Å². The molecule has 8 heteroatoms. The Hall–Kier alpha value is -1.57. The smallest absolute Gasteiger partial charge is 0.437 e. The third-order valence-electron chi connectivity index (χ3n) is 3.14. The second-order valence-electron chi connectivity index (χ2n) is 4.79. The van der Waals surface area contributed by atoms with Crippen LogP contribution in [0.3, 0.4) is 0 Å². The molecule has 1 aliphatic rings. The van der Waals surface area contributed by atoms with Gasteiger partial charge < -0.3 is 4.74 Å². The first-order valence-electron chi connectivity index (χ1n) is 5.85. The van der Waals surface area contributed by atoms with Crippen LogP contribution in [0.5, 0.6) is 0 Å². The van der Waals surface area contributed by atoms with Crippen molar-refractivity contribution in [3.05, 3.63) is 18.5 Å². The van der Waals surface area contributed by atoms with Gasteiger partial charge in [-0.15, -0.1) is 0 Å². The monoisotopic (exact) mass is 277 g/mol. The summed E-state index contributed by atoms with van der Waals surface area (Å²) in [6, 6.07) is 1.76. The van der Waals surface area contributed by atoms with E-state index in [2.05, 4.69) is 9.84 Å². The normalized spacial score (nSPS) is 27.5. The van der Waals surface area contributed by atoms with Crippen LogP contribution in [-0.2, 0) is 16.1 Å². The largest absolute Gasteiger partial charge is 0.490 e. The Kier molecular flexibility index (Phi) is 3.53. The molecule has 2 atom stereocenters. The fourth-order valence-electron chi connectivity index (χ4n) is 2.31. The molecule has 19 heavy (non-hydrogen) atoms. The average Bonchev–Trinajstić information content (AvgIpc) is 2.88. The van der Waals surface area contributed by atoms with Gasteiger partial charge in [-0.3, -0.25) is 10.4 Å². The minimum Gasteiger partial charge on any atom is -0.437 e. The minimum absolute atomic E-state index is 0.0472. The zero-order valence-electron chi connectivity index (χ0n) is 10.1. The molecule has 0 saturated heterocycles. The quantitative estimate of drug-likeness (QED) is 0.670. The molecule has 0 radical (unpaired) electrons. The van der Waals surface area contributed by atoms with Gasteiger partial charge in [-0.05, 0) is 18.4 Å². The highest BCUT2D eigenvalue weighted by Gasteiger charge is 2.47. The molecule has 0 amide bonds. The summed E-state index contributed by atoms with van der Waals surface area (Å²) in [5, 5.41) is 4.02. The first kappa shape index (κ1) is 13.9. The van der Waals surface area contributed by atoms with E-state index < -0.39 is 17.9 Å². The Bertz CT molecular complexity index is 447. The van der Waals surface area contributed by atoms with E-state index in [1.807, 2.05) is 0 Å². The Morgan fingerprint density at radius 3 is 2.89 bits per heavy atom. The molecule has 1 aromatic rings. The first-order valence-corrected chi connectivity index (χ1v) is 5.85. The summed E-state index contributed by atoms with van der Waals surface area (Å²) in [6.45, 7) is 0.551. The lowest BCUT2D eigenvalue weighted by molar-refractivity contribution is -0.213. The summed E-state index contributed by atoms with van der Waals surface area (Å²) in [4.78, 5) is 10.8. The number of ether oxygens (including phenoxy) is 1. The van der Waals surface area contributed by atoms with Crippen molar-refractivity contribution >= 4 is 5.97 Å². The lowest BCUT2D eigenvalue weighted by Gasteiger charge is -2.25. The number of rotatable bonds is 3. The number of carbonyl (C=O) groups is 1. The summed E-state index contributed by atoms with van der Waals surface area (Å²) in [5.74, 6) is -2.18. The van der Waals surface area contributed by atoms with E-state index in [1.165, 1.54) is 0 Å². The van der Waals surface area contributed by atoms with Crippen LogP contribution < -0.4 is 5.73 Å². The standard InChI is InChI=1S/C11H14F3N3O2/c12-11(13,14)9(18)19-10(15)3-2-8(6-10)7-17-5-1-4-16-17/h1,4-5,8H,2-3,6-7,15H2/t8-,10+/m1/s1. The number of nitrogens with two attached hydrogens (primary N) is 1. The maximum Gasteiger partial charge on any atom is 0.490 e. The number of nitrogens with zero attached hydrogens (tertiary/aromatic N) is 2. The van der Waals surface area contributed by atoms with Crippen LogP contribution in [0.1, 0.15) is 19.3 Å². The van der Waals surface area contributed by atoms with E-state index >= 15 is 0 Å². The van der Waals surface area contributed by atoms with Crippen molar-refractivity contribution in [1.29, 1.82) is 0 Å². The molecule has 1 aliphatic carbocycles. The topological polar surface area (TPSA) is 70.1 Å². The second kappa shape index (κ2) is 4.84. The van der Waals surface area contributed by atoms with Gasteiger partial charge in [0.05, 0.1) is 0 Å². The van der Waals surface area contributed by atoms with Crippen molar-refractivity contribution < 1.29 is 22.7 Å². The molecule has 106 valence electrons. The van der Waals surface area contributed by atoms with Crippen LogP contribution in [0.25, 0.3) is 0 Å². The SMILES string of the molecule is N[C@]1(OC(=O)C(F)(F)F)CC[C@@H](Cn2cccn2)C1. The van der Waals surface area contributed by atoms with Crippen LogP contribution in [-0.4, -0.2) is 27.7 Å². The Balaban J connectivity index is 1.91. The van der Waals surface area contributed by atoms with Crippen molar-refractivity contribution in [1.82, 2.24) is 9.78 Å². The molecule has 1 saturated carbocycles. The second-order valence-corrected chi connectivity index (χ2v) is 4.79. The molecule has 1 aromatic heterocycles. The van der Waals surface area contributed by atoms with Crippen LogP contribution in [0.15, 0.2) is 18.5 Å². The molecular formula is C11H14F3N3O2. The summed E-state index contributed by atoms with van der Waals surface area (Å²) >= 11 is 0. The van der Waals surface area contributed by atoms with Gasteiger partial charge in [0, 0.05) is 31.8 Å². The highest BCUT2D eigenvalue weighted by molar-refractivity contribution is 5.76. The van der Waals surface area contributed by atoms with Gasteiger partial charge in [0.25, 0.3) is 0 Å². The molecule has 5 nitrogen and oxygen atoms in total. The minimum atomic E-state index is -5.01. The van der Waals surface area contributed by atoms with E-state index in [4.69, 9.17) is 5.73 Å². The van der Waals surface area contributed by atoms with Gasteiger partial charge in [0.15, 0.2) is 5.72 Å². The van der Waals surface area contributed by atoms with Gasteiger partial charge in [0.2, 0.25) is 0 Å². The highest BCUT2D eigenvalue weighted by Crippen LogP contribution is 2.36. The van der Waals surface area contributed by atoms with E-state index in [1.54, 1.807) is 23.1 Å². The molecule has 2 N–H and O–H groups in total. The van der Waals surface area contributed by atoms with Crippen molar-refractivity contribution in [2.75, 3.05) is 0 Å². The lowest BCUT2D eigenvalue weighted by Crippen LogP contribution is -2.45. The van der Waals surface area contributed by atoms with Gasteiger partial charge in [-0.1, -0.05) is 0 Å². The molecule has 1 fully saturated rings. The maximum atomic E-state index is 12.1. The third-order valence-corrected chi connectivity index (χ3v) is 3.14. The molecular weight excluding hydrogens is 263 g/mol. The van der Waals surface area contributed by atoms with Crippen molar-refractivity contribution in [3.63, 3.8) is 0 Å². The van der Waals surface area contributed by atoms with Gasteiger partial charge in [-0.25, -0.2) is 4.79 Å². The van der Waals surface area contributed by atoms with Crippen LogP contribution in [0, 0.1) is 5.92 Å². The highest BCUT2D eigenvalue weighted by atomic mass is 19.4. The first-order chi connectivity index (χ1) is 8.78. The summed E-state index contributed by atoms with van der Waals surface area (Å²) in [6.07, 6.45) is -0.601. The molecule has 0 spiro atoms. The average molecular weight is 277 g/mol. The van der Waals surface area contributed by atoms with Crippen LogP contribution in [0.2, 0.25) is 0 Å². The fourth-order valence-corrected chi connectivity index (χ4v) is 2.31.